The Morgan fingerprint density at radius 1 is 0.533 bits per heavy atom. The minimum absolute atomic E-state index is 1.26. The first-order valence-corrected chi connectivity index (χ1v) is 11.9. The summed E-state index contributed by atoms with van der Waals surface area (Å²) in [5.41, 5.74) is 2.52. The van der Waals surface area contributed by atoms with Gasteiger partial charge in [0.05, 0.1) is 9.40 Å². The van der Waals surface area contributed by atoms with Gasteiger partial charge in [-0.15, -0.1) is 22.7 Å². The van der Waals surface area contributed by atoms with Gasteiger partial charge < -0.3 is 0 Å². The van der Waals surface area contributed by atoms with Crippen LogP contribution in [0.4, 0.5) is 0 Å². The van der Waals surface area contributed by atoms with Gasteiger partial charge in [0, 0.05) is 20.2 Å². The van der Waals surface area contributed by atoms with E-state index in [0.717, 1.165) is 0 Å². The van der Waals surface area contributed by atoms with Crippen molar-refractivity contribution in [3.63, 3.8) is 0 Å². The number of fused-ring (bicyclic) bond motifs is 7. The summed E-state index contributed by atoms with van der Waals surface area (Å²) < 4.78 is 5.61. The van der Waals surface area contributed by atoms with Gasteiger partial charge in [0.2, 0.25) is 0 Å². The second kappa shape index (κ2) is 6.80. The average molecular weight is 421 g/mol. The molecule has 0 spiro atoms. The molecule has 0 saturated heterocycles. The molecule has 0 radical (unpaired) electrons. The van der Waals surface area contributed by atoms with E-state index in [1.807, 2.05) is 22.7 Å². The Labute approximate surface area is 183 Å². The molecule has 6 aromatic rings. The van der Waals surface area contributed by atoms with Gasteiger partial charge in [-0.25, -0.2) is 0 Å². The highest BCUT2D eigenvalue weighted by Crippen LogP contribution is 2.46. The summed E-state index contributed by atoms with van der Waals surface area (Å²) in [6.07, 6.45) is 8.53. The Kier molecular flexibility index (Phi) is 4.05. The normalized spacial score (nSPS) is 12.7. The summed E-state index contributed by atoms with van der Waals surface area (Å²) >= 11 is 3.87. The lowest BCUT2D eigenvalue weighted by Crippen LogP contribution is -1.76. The molecule has 0 bridgehead atoms. The molecule has 0 aliphatic rings. The smallest absolute Gasteiger partial charge is 0.0542 e. The van der Waals surface area contributed by atoms with Gasteiger partial charge in [0.25, 0.3) is 0 Å². The molecule has 0 atom stereocenters. The van der Waals surface area contributed by atoms with E-state index in [-0.39, 0.29) is 0 Å². The Bertz CT molecular complexity index is 1530. The third-order valence-electron chi connectivity index (χ3n) is 5.76. The van der Waals surface area contributed by atoms with Crippen LogP contribution in [-0.2, 0) is 0 Å². The van der Waals surface area contributed by atoms with E-state index in [1.54, 1.807) is 0 Å². The molecule has 0 aliphatic heterocycles. The lowest BCUT2D eigenvalue weighted by atomic mass is 10.0. The summed E-state index contributed by atoms with van der Waals surface area (Å²) in [7, 11) is 0. The molecule has 4 aromatic carbocycles. The standard InChI is InChI=1S/C28H20S2/c1-3-5-17-7-9-19-15-25-23(13-21(19)11-17)27-28(29-25)24-14-22-12-18(6-4-2)8-10-20(22)16-26(24)30-27/h3-16H,1-2H3/b5-3+,6-4+. The third kappa shape index (κ3) is 2.72. The lowest BCUT2D eigenvalue weighted by Gasteiger charge is -2.01. The van der Waals surface area contributed by atoms with Gasteiger partial charge in [0.15, 0.2) is 0 Å². The van der Waals surface area contributed by atoms with Crippen LogP contribution < -0.4 is 0 Å². The van der Waals surface area contributed by atoms with Crippen molar-refractivity contribution in [2.75, 3.05) is 0 Å². The molecular formula is C28H20S2. The predicted octanol–water partition coefficient (Wildman–Crippen LogP) is 9.64. The van der Waals surface area contributed by atoms with Gasteiger partial charge in [-0.05, 0) is 82.9 Å². The number of benzene rings is 4. The second-order valence-electron chi connectivity index (χ2n) is 7.77. The van der Waals surface area contributed by atoms with Crippen molar-refractivity contribution in [1.29, 1.82) is 0 Å². The molecule has 144 valence electrons. The summed E-state index contributed by atoms with van der Waals surface area (Å²) in [5.74, 6) is 0. The van der Waals surface area contributed by atoms with Crippen molar-refractivity contribution in [1.82, 2.24) is 0 Å². The number of allylic oxidation sites excluding steroid dienone is 2. The van der Waals surface area contributed by atoms with Gasteiger partial charge >= 0.3 is 0 Å². The van der Waals surface area contributed by atoms with E-state index in [4.69, 9.17) is 0 Å². The van der Waals surface area contributed by atoms with Crippen molar-refractivity contribution >= 4 is 85.9 Å². The topological polar surface area (TPSA) is 0 Å². The zero-order valence-electron chi connectivity index (χ0n) is 16.9. The first kappa shape index (κ1) is 17.9. The molecule has 2 heterocycles. The van der Waals surface area contributed by atoms with Crippen molar-refractivity contribution in [2.24, 2.45) is 0 Å². The van der Waals surface area contributed by atoms with Crippen LogP contribution in [0, 0.1) is 0 Å². The summed E-state index contributed by atoms with van der Waals surface area (Å²) in [4.78, 5) is 0. The number of thiophene rings is 2. The van der Waals surface area contributed by atoms with E-state index in [0.29, 0.717) is 0 Å². The Morgan fingerprint density at radius 3 is 1.43 bits per heavy atom. The van der Waals surface area contributed by atoms with E-state index < -0.39 is 0 Å². The lowest BCUT2D eigenvalue weighted by molar-refractivity contribution is 1.70. The molecule has 0 unspecified atom stereocenters. The zero-order chi connectivity index (χ0) is 20.2. The number of hydrogen-bond acceptors (Lipinski definition) is 2. The fourth-order valence-electron chi connectivity index (χ4n) is 4.37. The highest BCUT2D eigenvalue weighted by Gasteiger charge is 2.14. The van der Waals surface area contributed by atoms with E-state index in [1.165, 1.54) is 62.2 Å². The van der Waals surface area contributed by atoms with Crippen LogP contribution in [0.3, 0.4) is 0 Å². The number of hydrogen-bond donors (Lipinski definition) is 0. The molecule has 2 heteroatoms. The van der Waals surface area contributed by atoms with E-state index in [9.17, 15) is 0 Å². The number of rotatable bonds is 2. The molecule has 2 aromatic heterocycles. The highest BCUT2D eigenvalue weighted by molar-refractivity contribution is 7.36. The molecule has 0 amide bonds. The second-order valence-corrected chi connectivity index (χ2v) is 9.88. The Hall–Kier alpha value is -2.94. The van der Waals surface area contributed by atoms with Crippen LogP contribution in [0.1, 0.15) is 25.0 Å². The van der Waals surface area contributed by atoms with Crippen LogP contribution in [0.2, 0.25) is 0 Å². The van der Waals surface area contributed by atoms with Gasteiger partial charge in [0.1, 0.15) is 0 Å². The fourth-order valence-corrected chi connectivity index (χ4v) is 7.07. The zero-order valence-corrected chi connectivity index (χ0v) is 18.5. The quantitative estimate of drug-likeness (QED) is 0.261. The molecule has 0 fully saturated rings. The van der Waals surface area contributed by atoms with E-state index in [2.05, 4.69) is 98.8 Å². The van der Waals surface area contributed by atoms with E-state index >= 15 is 0 Å². The van der Waals surface area contributed by atoms with Gasteiger partial charge in [-0.2, -0.15) is 0 Å². The minimum Gasteiger partial charge on any atom is -0.134 e. The van der Waals surface area contributed by atoms with Crippen molar-refractivity contribution in [2.45, 2.75) is 13.8 Å². The van der Waals surface area contributed by atoms with Crippen molar-refractivity contribution < 1.29 is 0 Å². The molecular weight excluding hydrogens is 400 g/mol. The van der Waals surface area contributed by atoms with Crippen LogP contribution >= 0.6 is 22.7 Å². The van der Waals surface area contributed by atoms with Crippen LogP contribution in [0.15, 0.2) is 72.8 Å². The maximum absolute atomic E-state index is 2.38. The summed E-state index contributed by atoms with van der Waals surface area (Å²) in [5, 5.41) is 8.04. The summed E-state index contributed by atoms with van der Waals surface area (Å²) in [6, 6.07) is 23.0. The molecule has 0 N–H and O–H groups in total. The van der Waals surface area contributed by atoms with Gasteiger partial charge in [-0.3, -0.25) is 0 Å². The Morgan fingerprint density at radius 2 is 1.00 bits per heavy atom. The van der Waals surface area contributed by atoms with Crippen LogP contribution in [-0.4, -0.2) is 0 Å². The minimum atomic E-state index is 1.26. The SMILES string of the molecule is C/C=C/c1ccc2cc3sc4c5cc6cc(/C=C/C)ccc6cc5sc4c3cc2c1. The Balaban J connectivity index is 1.65. The molecule has 0 nitrogen and oxygen atoms in total. The highest BCUT2D eigenvalue weighted by atomic mass is 32.1. The molecule has 30 heavy (non-hydrogen) atoms. The molecule has 6 rings (SSSR count). The van der Waals surface area contributed by atoms with Crippen molar-refractivity contribution in [3.05, 3.63) is 83.9 Å². The van der Waals surface area contributed by atoms with Gasteiger partial charge in [-0.1, -0.05) is 48.6 Å². The first-order valence-electron chi connectivity index (χ1n) is 10.3. The predicted molar refractivity (Wildman–Crippen MR) is 139 cm³/mol. The maximum atomic E-state index is 2.38. The average Bonchev–Trinajstić information content (AvgIpc) is 3.26. The third-order valence-corrected chi connectivity index (χ3v) is 8.26. The monoisotopic (exact) mass is 420 g/mol. The summed E-state index contributed by atoms with van der Waals surface area (Å²) in [6.45, 7) is 4.14. The van der Waals surface area contributed by atoms with Crippen LogP contribution in [0.5, 0.6) is 0 Å². The first-order chi connectivity index (χ1) is 14.7. The largest absolute Gasteiger partial charge is 0.134 e. The maximum Gasteiger partial charge on any atom is 0.0542 e. The molecule has 0 aliphatic carbocycles. The molecule has 0 saturated carbocycles. The fraction of sp³-hybridized carbons (Fsp3) is 0.0714. The van der Waals surface area contributed by atoms with Crippen molar-refractivity contribution in [3.8, 4) is 0 Å². The van der Waals surface area contributed by atoms with Crippen LogP contribution in [0.25, 0.3) is 63.3 Å².